The van der Waals surface area contributed by atoms with Gasteiger partial charge in [-0.15, -0.1) is 0 Å². The number of halogens is 1. The molecule has 13 heavy (non-hydrogen) atoms. The van der Waals surface area contributed by atoms with Crippen LogP contribution in [0.3, 0.4) is 0 Å². The first-order valence-electron chi connectivity index (χ1n) is 3.95. The molecule has 0 fully saturated rings. The van der Waals surface area contributed by atoms with Crippen LogP contribution in [-0.2, 0) is 0 Å². The molecule has 0 saturated carbocycles. The molecule has 0 aliphatic heterocycles. The smallest absolute Gasteiger partial charge is 0.126 e. The van der Waals surface area contributed by atoms with Crippen LogP contribution >= 0.6 is 0 Å². The number of hydrogen-bond acceptors (Lipinski definition) is 1. The highest BCUT2D eigenvalue weighted by atomic mass is 19.1. The fourth-order valence-electron chi connectivity index (χ4n) is 1.01. The first-order chi connectivity index (χ1) is 6.15. The maximum atomic E-state index is 13.0. The average molecular weight is 179 g/mol. The normalized spacial score (nSPS) is 11.9. The van der Waals surface area contributed by atoms with Gasteiger partial charge in [0.15, 0.2) is 0 Å². The molecule has 0 aromatic heterocycles. The molecule has 0 heterocycles. The molecule has 0 bridgehead atoms. The van der Waals surface area contributed by atoms with Crippen LogP contribution in [0.4, 0.5) is 4.39 Å². The fraction of sp³-hybridized carbons (Fsp3) is 0.333. The van der Waals surface area contributed by atoms with E-state index in [-0.39, 0.29) is 11.9 Å². The minimum absolute atomic E-state index is 0.266. The summed E-state index contributed by atoms with van der Waals surface area (Å²) in [4.78, 5) is 2.67. The van der Waals surface area contributed by atoms with Crippen molar-refractivity contribution in [2.75, 3.05) is 0 Å². The summed E-state index contributed by atoms with van der Waals surface area (Å²) in [7, 11) is 0. The van der Waals surface area contributed by atoms with Crippen molar-refractivity contribution in [1.29, 1.82) is 0 Å². The zero-order chi connectivity index (χ0) is 9.84. The Morgan fingerprint density at radius 1 is 1.54 bits per heavy atom. The minimum Gasteiger partial charge on any atom is -0.207 e. The van der Waals surface area contributed by atoms with Crippen molar-refractivity contribution in [2.45, 2.75) is 19.9 Å². The molecule has 1 atom stereocenters. The Morgan fingerprint density at radius 2 is 2.23 bits per heavy atom. The molecular formula is C9H10FN3. The first kappa shape index (κ1) is 9.55. The van der Waals surface area contributed by atoms with E-state index < -0.39 is 0 Å². The van der Waals surface area contributed by atoms with Crippen molar-refractivity contribution >= 4 is 0 Å². The zero-order valence-electron chi connectivity index (χ0n) is 7.53. The molecule has 1 unspecified atom stereocenters. The van der Waals surface area contributed by atoms with Gasteiger partial charge in [-0.25, -0.2) is 4.39 Å². The van der Waals surface area contributed by atoms with Gasteiger partial charge in [0, 0.05) is 4.91 Å². The molecule has 0 N–H and O–H groups in total. The van der Waals surface area contributed by atoms with E-state index in [1.807, 2.05) is 0 Å². The SMILES string of the molecule is Cc1ccc(C(C)N=[N+]=[N-])cc1F. The van der Waals surface area contributed by atoms with Gasteiger partial charge in [0.25, 0.3) is 0 Å². The lowest BCUT2D eigenvalue weighted by Gasteiger charge is -2.05. The Morgan fingerprint density at radius 3 is 2.77 bits per heavy atom. The molecule has 0 saturated heterocycles. The van der Waals surface area contributed by atoms with E-state index in [2.05, 4.69) is 10.0 Å². The van der Waals surface area contributed by atoms with Crippen LogP contribution in [0, 0.1) is 12.7 Å². The quantitative estimate of drug-likeness (QED) is 0.379. The molecule has 68 valence electrons. The van der Waals surface area contributed by atoms with E-state index in [1.165, 1.54) is 6.07 Å². The van der Waals surface area contributed by atoms with Crippen molar-refractivity contribution in [3.05, 3.63) is 45.6 Å². The third-order valence-corrected chi connectivity index (χ3v) is 1.90. The summed E-state index contributed by atoms with van der Waals surface area (Å²) in [6, 6.07) is 4.51. The molecule has 1 rings (SSSR count). The second-order valence-corrected chi connectivity index (χ2v) is 2.89. The van der Waals surface area contributed by atoms with Crippen molar-refractivity contribution < 1.29 is 4.39 Å². The molecule has 0 aliphatic rings. The summed E-state index contributed by atoms with van der Waals surface area (Å²) < 4.78 is 13.0. The van der Waals surface area contributed by atoms with Gasteiger partial charge in [0.05, 0.1) is 6.04 Å². The molecular weight excluding hydrogens is 169 g/mol. The lowest BCUT2D eigenvalue weighted by molar-refractivity contribution is 0.613. The van der Waals surface area contributed by atoms with E-state index in [1.54, 1.807) is 26.0 Å². The van der Waals surface area contributed by atoms with Crippen molar-refractivity contribution in [1.82, 2.24) is 0 Å². The monoisotopic (exact) mass is 179 g/mol. The summed E-state index contributed by atoms with van der Waals surface area (Å²) >= 11 is 0. The molecule has 0 radical (unpaired) electrons. The Labute approximate surface area is 75.8 Å². The predicted octanol–water partition coefficient (Wildman–Crippen LogP) is 3.51. The van der Waals surface area contributed by atoms with Crippen molar-refractivity contribution in [2.24, 2.45) is 5.11 Å². The number of rotatable bonds is 2. The Hall–Kier alpha value is -1.54. The van der Waals surface area contributed by atoms with Crippen LogP contribution < -0.4 is 0 Å². The number of azide groups is 1. The molecule has 4 heteroatoms. The molecule has 1 aromatic carbocycles. The van der Waals surface area contributed by atoms with Crippen LogP contribution in [0.25, 0.3) is 10.4 Å². The third-order valence-electron chi connectivity index (χ3n) is 1.90. The summed E-state index contributed by atoms with van der Waals surface area (Å²) in [6.45, 7) is 3.42. The fourth-order valence-corrected chi connectivity index (χ4v) is 1.01. The highest BCUT2D eigenvalue weighted by Gasteiger charge is 2.04. The summed E-state index contributed by atoms with van der Waals surface area (Å²) in [6.07, 6.45) is 0. The topological polar surface area (TPSA) is 48.8 Å². The van der Waals surface area contributed by atoms with Gasteiger partial charge in [-0.2, -0.15) is 0 Å². The third kappa shape index (κ3) is 2.20. The highest BCUT2D eigenvalue weighted by Crippen LogP contribution is 2.19. The second kappa shape index (κ2) is 3.92. The number of nitrogens with zero attached hydrogens (tertiary/aromatic N) is 3. The molecule has 0 amide bonds. The van der Waals surface area contributed by atoms with Crippen molar-refractivity contribution in [3.63, 3.8) is 0 Å². The van der Waals surface area contributed by atoms with Gasteiger partial charge in [-0.05, 0) is 29.6 Å². The number of aryl methyl sites for hydroxylation is 1. The second-order valence-electron chi connectivity index (χ2n) is 2.89. The van der Waals surface area contributed by atoms with E-state index in [4.69, 9.17) is 5.53 Å². The van der Waals surface area contributed by atoms with Crippen LogP contribution in [0.15, 0.2) is 23.3 Å². The summed E-state index contributed by atoms with van der Waals surface area (Å²) in [5.41, 5.74) is 9.48. The predicted molar refractivity (Wildman–Crippen MR) is 48.7 cm³/mol. The lowest BCUT2D eigenvalue weighted by atomic mass is 10.1. The number of hydrogen-bond donors (Lipinski definition) is 0. The van der Waals surface area contributed by atoms with E-state index >= 15 is 0 Å². The first-order valence-corrected chi connectivity index (χ1v) is 3.95. The van der Waals surface area contributed by atoms with Crippen LogP contribution in [0.1, 0.15) is 24.1 Å². The van der Waals surface area contributed by atoms with Gasteiger partial charge >= 0.3 is 0 Å². The van der Waals surface area contributed by atoms with Gasteiger partial charge in [0.1, 0.15) is 5.82 Å². The van der Waals surface area contributed by atoms with Crippen LogP contribution in [0.2, 0.25) is 0 Å². The van der Waals surface area contributed by atoms with Gasteiger partial charge in [0.2, 0.25) is 0 Å². The van der Waals surface area contributed by atoms with Gasteiger partial charge in [-0.3, -0.25) is 0 Å². The van der Waals surface area contributed by atoms with E-state index in [0.717, 1.165) is 0 Å². The lowest BCUT2D eigenvalue weighted by Crippen LogP contribution is -1.91. The Bertz CT molecular complexity index is 356. The largest absolute Gasteiger partial charge is 0.207 e. The van der Waals surface area contributed by atoms with Gasteiger partial charge in [-0.1, -0.05) is 24.2 Å². The zero-order valence-corrected chi connectivity index (χ0v) is 7.53. The van der Waals surface area contributed by atoms with E-state index in [9.17, 15) is 4.39 Å². The standard InChI is InChI=1S/C9H10FN3/c1-6-3-4-8(5-9(6)10)7(2)12-13-11/h3-5,7H,1-2H3. The molecule has 1 aromatic rings. The van der Waals surface area contributed by atoms with Crippen molar-refractivity contribution in [3.8, 4) is 0 Å². The minimum atomic E-state index is -0.319. The maximum absolute atomic E-state index is 13.0. The van der Waals surface area contributed by atoms with Crippen LogP contribution in [0.5, 0.6) is 0 Å². The Balaban J connectivity index is 3.03. The van der Waals surface area contributed by atoms with Gasteiger partial charge < -0.3 is 0 Å². The molecule has 0 spiro atoms. The van der Waals surface area contributed by atoms with Crippen LogP contribution in [-0.4, -0.2) is 0 Å². The Kier molecular flexibility index (Phi) is 2.88. The van der Waals surface area contributed by atoms with E-state index in [0.29, 0.717) is 11.1 Å². The molecule has 0 aliphatic carbocycles. The average Bonchev–Trinajstić information content (AvgIpc) is 2.10. The molecule has 3 nitrogen and oxygen atoms in total. The highest BCUT2D eigenvalue weighted by molar-refractivity contribution is 5.25. The summed E-state index contributed by atoms with van der Waals surface area (Å²) in [5.74, 6) is -0.266. The number of benzene rings is 1. The maximum Gasteiger partial charge on any atom is 0.126 e. The summed E-state index contributed by atoms with van der Waals surface area (Å²) in [5, 5.41) is 3.48.